The summed E-state index contributed by atoms with van der Waals surface area (Å²) >= 11 is 6.18. The average Bonchev–Trinajstić information content (AvgIpc) is 2.55. The Kier molecular flexibility index (Phi) is 6.89. The molecule has 0 atom stereocenters. The highest BCUT2D eigenvalue weighted by molar-refractivity contribution is 9.10. The highest BCUT2D eigenvalue weighted by Gasteiger charge is 2.12. The van der Waals surface area contributed by atoms with Gasteiger partial charge in [0.05, 0.1) is 5.69 Å². The molecule has 0 spiro atoms. The van der Waals surface area contributed by atoms with Crippen LogP contribution in [-0.4, -0.2) is 25.1 Å². The van der Waals surface area contributed by atoms with Crippen molar-refractivity contribution in [3.63, 3.8) is 0 Å². The molecule has 1 N–H and O–H groups in total. The van der Waals surface area contributed by atoms with E-state index >= 15 is 0 Å². The number of hydrogen-bond donors (Lipinski definition) is 1. The number of halogens is 4. The maximum absolute atomic E-state index is 13.6. The van der Waals surface area contributed by atoms with E-state index < -0.39 is 36.7 Å². The molecule has 0 heterocycles. The third-order valence-electron chi connectivity index (χ3n) is 2.81. The minimum absolute atomic E-state index is 0.0440. The molecule has 0 radical (unpaired) electrons. The average molecular weight is 479 g/mol. The predicted molar refractivity (Wildman–Crippen MR) is 93.3 cm³/mol. The van der Waals surface area contributed by atoms with Gasteiger partial charge in [-0.15, -0.1) is 0 Å². The van der Waals surface area contributed by atoms with Crippen molar-refractivity contribution in [3.05, 3.63) is 57.0 Å². The lowest BCUT2D eigenvalue weighted by Gasteiger charge is -2.09. The van der Waals surface area contributed by atoms with Gasteiger partial charge in [0.2, 0.25) is 0 Å². The van der Waals surface area contributed by atoms with E-state index in [0.717, 1.165) is 0 Å². The third-order valence-corrected chi connectivity index (χ3v) is 3.80. The van der Waals surface area contributed by atoms with Gasteiger partial charge in [-0.1, -0.05) is 31.9 Å². The van der Waals surface area contributed by atoms with Crippen LogP contribution in [0.3, 0.4) is 0 Å². The van der Waals surface area contributed by atoms with Crippen molar-refractivity contribution in [2.75, 3.05) is 18.5 Å². The molecule has 0 aromatic heterocycles. The quantitative estimate of drug-likeness (QED) is 0.636. The van der Waals surface area contributed by atoms with Crippen molar-refractivity contribution in [2.45, 2.75) is 0 Å². The molecule has 0 aliphatic rings. The van der Waals surface area contributed by atoms with Crippen LogP contribution in [0.15, 0.2) is 45.3 Å². The van der Waals surface area contributed by atoms with Crippen molar-refractivity contribution in [1.29, 1.82) is 0 Å². The zero-order valence-corrected chi connectivity index (χ0v) is 15.7. The minimum atomic E-state index is -0.867. The maximum Gasteiger partial charge on any atom is 0.344 e. The number of hydrogen-bond acceptors (Lipinski definition) is 4. The van der Waals surface area contributed by atoms with E-state index in [0.29, 0.717) is 8.95 Å². The van der Waals surface area contributed by atoms with Crippen LogP contribution in [0, 0.1) is 11.6 Å². The Bertz CT molecular complexity index is 802. The van der Waals surface area contributed by atoms with Crippen LogP contribution in [-0.2, 0) is 14.3 Å². The molecular weight excluding hydrogens is 468 g/mol. The van der Waals surface area contributed by atoms with Crippen LogP contribution in [0.1, 0.15) is 0 Å². The fourth-order valence-electron chi connectivity index (χ4n) is 1.69. The monoisotopic (exact) mass is 477 g/mol. The van der Waals surface area contributed by atoms with Crippen LogP contribution < -0.4 is 10.1 Å². The molecular formula is C16H11Br2F2NO4. The number of nitrogens with one attached hydrogen (secondary N) is 1. The number of carbonyl (C=O) groups is 2. The summed E-state index contributed by atoms with van der Waals surface area (Å²) in [6.45, 7) is -1.20. The van der Waals surface area contributed by atoms with E-state index in [1.807, 2.05) is 0 Å². The Balaban J connectivity index is 1.78. The van der Waals surface area contributed by atoms with Crippen molar-refractivity contribution in [1.82, 2.24) is 0 Å². The first kappa shape index (κ1) is 19.3. The summed E-state index contributed by atoms with van der Waals surface area (Å²) in [6, 6.07) is 8.16. The normalized spacial score (nSPS) is 10.2. The van der Waals surface area contributed by atoms with E-state index in [2.05, 4.69) is 41.9 Å². The summed E-state index contributed by atoms with van der Waals surface area (Å²) in [5.41, 5.74) is -0.0440. The smallest absolute Gasteiger partial charge is 0.344 e. The second kappa shape index (κ2) is 8.91. The van der Waals surface area contributed by atoms with Crippen LogP contribution in [0.25, 0.3) is 0 Å². The van der Waals surface area contributed by atoms with Gasteiger partial charge in [-0.3, -0.25) is 4.79 Å². The van der Waals surface area contributed by atoms with Crippen LogP contribution in [0.5, 0.6) is 5.75 Å². The molecule has 1 amide bonds. The number of amides is 1. The second-order valence-corrected chi connectivity index (χ2v) is 6.53. The Morgan fingerprint density at radius 2 is 1.60 bits per heavy atom. The molecule has 2 aromatic carbocycles. The molecule has 0 saturated carbocycles. The van der Waals surface area contributed by atoms with E-state index in [1.54, 1.807) is 12.1 Å². The Morgan fingerprint density at radius 1 is 0.960 bits per heavy atom. The molecule has 25 heavy (non-hydrogen) atoms. The summed E-state index contributed by atoms with van der Waals surface area (Å²) in [4.78, 5) is 23.2. The minimum Gasteiger partial charge on any atom is -0.479 e. The number of carbonyl (C=O) groups excluding carboxylic acids is 2. The fourth-order valence-corrected chi connectivity index (χ4v) is 2.36. The first-order valence-corrected chi connectivity index (χ1v) is 8.42. The lowest BCUT2D eigenvalue weighted by molar-refractivity contribution is -0.149. The molecule has 0 bridgehead atoms. The first-order valence-electron chi connectivity index (χ1n) is 6.83. The molecule has 0 unspecified atom stereocenters. The van der Waals surface area contributed by atoms with Crippen LogP contribution in [0.2, 0.25) is 0 Å². The van der Waals surface area contributed by atoms with E-state index in [-0.39, 0.29) is 11.4 Å². The van der Waals surface area contributed by atoms with Gasteiger partial charge in [-0.05, 0) is 36.4 Å². The summed E-state index contributed by atoms with van der Waals surface area (Å²) in [5, 5.41) is 2.26. The number of ether oxygens (including phenoxy) is 2. The van der Waals surface area contributed by atoms with Crippen molar-refractivity contribution >= 4 is 49.4 Å². The Labute approximate surface area is 158 Å². The van der Waals surface area contributed by atoms with Gasteiger partial charge in [0.1, 0.15) is 5.82 Å². The molecule has 0 fully saturated rings. The zero-order valence-electron chi connectivity index (χ0n) is 12.5. The molecule has 9 heteroatoms. The predicted octanol–water partition coefficient (Wildman–Crippen LogP) is 4.05. The number of rotatable bonds is 6. The van der Waals surface area contributed by atoms with Crippen molar-refractivity contribution in [3.8, 4) is 5.75 Å². The highest BCUT2D eigenvalue weighted by atomic mass is 79.9. The lowest BCUT2D eigenvalue weighted by Crippen LogP contribution is -2.24. The third kappa shape index (κ3) is 6.09. The van der Waals surface area contributed by atoms with Crippen molar-refractivity contribution in [2.24, 2.45) is 0 Å². The van der Waals surface area contributed by atoms with Gasteiger partial charge >= 0.3 is 5.97 Å². The largest absolute Gasteiger partial charge is 0.479 e. The van der Waals surface area contributed by atoms with Crippen LogP contribution in [0.4, 0.5) is 14.5 Å². The Morgan fingerprint density at radius 3 is 2.24 bits per heavy atom. The fraction of sp³-hybridized carbons (Fsp3) is 0.125. The number of anilines is 1. The molecule has 132 valence electrons. The van der Waals surface area contributed by atoms with Gasteiger partial charge in [-0.2, -0.15) is 0 Å². The number of benzene rings is 2. The molecule has 0 aliphatic heterocycles. The summed E-state index contributed by atoms with van der Waals surface area (Å²) in [6.07, 6.45) is 0. The van der Waals surface area contributed by atoms with Gasteiger partial charge in [0.15, 0.2) is 24.8 Å². The summed E-state index contributed by atoms with van der Waals surface area (Å²) in [7, 11) is 0. The Hall–Kier alpha value is -2.00. The molecule has 2 aromatic rings. The molecule has 2 rings (SSSR count). The van der Waals surface area contributed by atoms with Gasteiger partial charge in [0.25, 0.3) is 5.91 Å². The van der Waals surface area contributed by atoms with Gasteiger partial charge in [0, 0.05) is 8.95 Å². The van der Waals surface area contributed by atoms with Crippen LogP contribution >= 0.6 is 31.9 Å². The highest BCUT2D eigenvalue weighted by Crippen LogP contribution is 2.21. The summed E-state index contributed by atoms with van der Waals surface area (Å²) < 4.78 is 37.8. The summed E-state index contributed by atoms with van der Waals surface area (Å²) in [5.74, 6) is -2.99. The van der Waals surface area contributed by atoms with E-state index in [1.165, 1.54) is 24.3 Å². The van der Waals surface area contributed by atoms with Gasteiger partial charge < -0.3 is 14.8 Å². The number of esters is 1. The van der Waals surface area contributed by atoms with E-state index in [9.17, 15) is 18.4 Å². The molecule has 0 saturated heterocycles. The van der Waals surface area contributed by atoms with E-state index in [4.69, 9.17) is 4.74 Å². The first-order chi connectivity index (χ1) is 11.8. The topological polar surface area (TPSA) is 64.6 Å². The maximum atomic E-state index is 13.6. The molecule has 5 nitrogen and oxygen atoms in total. The second-order valence-electron chi connectivity index (χ2n) is 4.70. The molecule has 0 aliphatic carbocycles. The zero-order chi connectivity index (χ0) is 18.4. The van der Waals surface area contributed by atoms with Gasteiger partial charge in [-0.25, -0.2) is 13.6 Å². The standard InChI is InChI=1S/C16H11Br2F2NO4/c17-9-1-3-13(11(19)5-9)21-15(22)7-25-16(23)8-24-14-4-2-10(18)6-12(14)20/h1-6H,7-8H2,(H,21,22). The van der Waals surface area contributed by atoms with Crippen molar-refractivity contribution < 1.29 is 27.8 Å². The lowest BCUT2D eigenvalue weighted by atomic mass is 10.3. The SMILES string of the molecule is O=C(COC(=O)COc1ccc(Br)cc1F)Nc1ccc(Br)cc1F.